The predicted molar refractivity (Wildman–Crippen MR) is 95.2 cm³/mol. The fourth-order valence-corrected chi connectivity index (χ4v) is 7.03. The van der Waals surface area contributed by atoms with Crippen molar-refractivity contribution in [2.45, 2.75) is 64.5 Å². The Morgan fingerprint density at radius 2 is 2.00 bits per heavy atom. The van der Waals surface area contributed by atoms with Crippen molar-refractivity contribution in [3.05, 3.63) is 25.0 Å². The van der Waals surface area contributed by atoms with E-state index in [4.69, 9.17) is 4.74 Å². The number of amides is 1. The van der Waals surface area contributed by atoms with Crippen LogP contribution in [0.4, 0.5) is 0 Å². The van der Waals surface area contributed by atoms with Crippen LogP contribution in [0.2, 0.25) is 0 Å². The molecule has 3 saturated carbocycles. The predicted octanol–water partition coefficient (Wildman–Crippen LogP) is 4.15. The molecule has 4 aliphatic rings. The number of rotatable bonds is 2. The van der Waals surface area contributed by atoms with Gasteiger partial charge in [0.1, 0.15) is 6.10 Å². The summed E-state index contributed by atoms with van der Waals surface area (Å²) in [6.07, 6.45) is 13.4. The molecule has 0 aromatic rings. The average molecular weight is 329 g/mol. The van der Waals surface area contributed by atoms with E-state index in [9.17, 15) is 4.79 Å². The van der Waals surface area contributed by atoms with Gasteiger partial charge in [-0.1, -0.05) is 26.5 Å². The van der Waals surface area contributed by atoms with Crippen molar-refractivity contribution in [2.24, 2.45) is 28.6 Å². The Morgan fingerprint density at radius 3 is 2.75 bits per heavy atom. The number of hydrogen-bond acceptors (Lipinski definition) is 2. The molecular weight excluding hydrogens is 298 g/mol. The Labute approximate surface area is 146 Å². The Hall–Kier alpha value is -1.25. The molecule has 3 nitrogen and oxygen atoms in total. The molecule has 7 atom stereocenters. The van der Waals surface area contributed by atoms with Gasteiger partial charge in [0, 0.05) is 23.9 Å². The molecule has 1 aliphatic heterocycles. The van der Waals surface area contributed by atoms with Crippen LogP contribution >= 0.6 is 0 Å². The first-order chi connectivity index (χ1) is 11.4. The van der Waals surface area contributed by atoms with Crippen LogP contribution in [0.5, 0.6) is 0 Å². The number of hydrogen-bond donors (Lipinski definition) is 0. The number of ether oxygens (including phenoxy) is 1. The minimum absolute atomic E-state index is 0.143. The summed E-state index contributed by atoms with van der Waals surface area (Å²) in [6, 6.07) is 0.377. The molecule has 1 amide bonds. The van der Waals surface area contributed by atoms with Crippen molar-refractivity contribution in [1.29, 1.82) is 0 Å². The smallest absolute Gasteiger partial charge is 0.246 e. The van der Waals surface area contributed by atoms with Crippen molar-refractivity contribution in [1.82, 2.24) is 4.90 Å². The van der Waals surface area contributed by atoms with E-state index in [2.05, 4.69) is 26.5 Å². The van der Waals surface area contributed by atoms with E-state index in [1.165, 1.54) is 32.1 Å². The molecule has 0 saturated heterocycles. The van der Waals surface area contributed by atoms with E-state index in [0.29, 0.717) is 23.5 Å². The minimum Gasteiger partial charge on any atom is -0.498 e. The zero-order chi connectivity index (χ0) is 17.1. The molecule has 0 N–H and O–H groups in total. The second-order valence-electron chi connectivity index (χ2n) is 9.03. The molecule has 0 aromatic carbocycles. The Kier molecular flexibility index (Phi) is 3.63. The molecular formula is C21H31NO2. The van der Waals surface area contributed by atoms with Crippen molar-refractivity contribution in [2.75, 3.05) is 7.05 Å². The first-order valence-electron chi connectivity index (χ1n) is 9.64. The van der Waals surface area contributed by atoms with Gasteiger partial charge in [0.2, 0.25) is 5.91 Å². The van der Waals surface area contributed by atoms with Crippen LogP contribution in [0.1, 0.15) is 52.4 Å². The van der Waals surface area contributed by atoms with Gasteiger partial charge in [-0.15, -0.1) is 0 Å². The van der Waals surface area contributed by atoms with Crippen LogP contribution in [-0.2, 0) is 9.53 Å². The lowest BCUT2D eigenvalue weighted by Crippen LogP contribution is -2.59. The molecule has 3 fully saturated rings. The largest absolute Gasteiger partial charge is 0.498 e. The molecule has 0 bridgehead atoms. The third-order valence-corrected chi connectivity index (χ3v) is 8.30. The molecule has 0 radical (unpaired) electrons. The first-order valence-corrected chi connectivity index (χ1v) is 9.64. The number of nitrogens with zero attached hydrogens (tertiary/aromatic N) is 1. The summed E-state index contributed by atoms with van der Waals surface area (Å²) in [6.45, 7) is 8.65. The topological polar surface area (TPSA) is 29.5 Å². The number of carbonyl (C=O) groups is 1. The zero-order valence-corrected chi connectivity index (χ0v) is 15.3. The summed E-state index contributed by atoms with van der Waals surface area (Å²) in [4.78, 5) is 14.1. The zero-order valence-electron chi connectivity index (χ0n) is 15.3. The molecule has 1 unspecified atom stereocenters. The summed E-state index contributed by atoms with van der Waals surface area (Å²) in [7, 11) is 1.99. The van der Waals surface area contributed by atoms with E-state index in [1.54, 1.807) is 6.26 Å². The van der Waals surface area contributed by atoms with Gasteiger partial charge in [-0.25, -0.2) is 0 Å². The number of carbonyl (C=O) groups excluding carboxylic acids is 1. The lowest BCUT2D eigenvalue weighted by molar-refractivity contribution is -0.140. The fourth-order valence-electron chi connectivity index (χ4n) is 7.03. The highest BCUT2D eigenvalue weighted by Crippen LogP contribution is 2.64. The van der Waals surface area contributed by atoms with Gasteiger partial charge in [-0.3, -0.25) is 4.79 Å². The summed E-state index contributed by atoms with van der Waals surface area (Å²) >= 11 is 0. The Morgan fingerprint density at radius 1 is 1.21 bits per heavy atom. The highest BCUT2D eigenvalue weighted by Gasteiger charge is 2.60. The highest BCUT2D eigenvalue weighted by atomic mass is 16.5. The molecule has 1 heterocycles. The van der Waals surface area contributed by atoms with Gasteiger partial charge in [0.15, 0.2) is 0 Å². The van der Waals surface area contributed by atoms with Crippen LogP contribution in [0, 0.1) is 28.6 Å². The van der Waals surface area contributed by atoms with Crippen molar-refractivity contribution < 1.29 is 9.53 Å². The van der Waals surface area contributed by atoms with Gasteiger partial charge >= 0.3 is 0 Å². The van der Waals surface area contributed by atoms with Crippen LogP contribution in [-0.4, -0.2) is 30.0 Å². The number of likely N-dealkylation sites (N-methyl/N-ethyl adjacent to an activating group) is 1. The molecule has 4 rings (SSSR count). The van der Waals surface area contributed by atoms with Gasteiger partial charge in [0.25, 0.3) is 0 Å². The Bertz CT molecular complexity index is 584. The summed E-state index contributed by atoms with van der Waals surface area (Å²) in [5.41, 5.74) is 0.447. The molecule has 24 heavy (non-hydrogen) atoms. The first kappa shape index (κ1) is 16.2. The molecule has 0 aromatic heterocycles. The van der Waals surface area contributed by atoms with Crippen LogP contribution in [0.25, 0.3) is 0 Å². The third kappa shape index (κ3) is 1.99. The summed E-state index contributed by atoms with van der Waals surface area (Å²) in [5.74, 6) is 2.41. The van der Waals surface area contributed by atoms with Crippen LogP contribution in [0.15, 0.2) is 25.0 Å². The second kappa shape index (κ2) is 5.37. The van der Waals surface area contributed by atoms with Crippen LogP contribution in [0.3, 0.4) is 0 Å². The van der Waals surface area contributed by atoms with E-state index in [1.807, 2.05) is 18.0 Å². The SMILES string of the molecule is C=CO[C@H]1CC[C@H]2[C@@H]3CCC4N(C)C(=O)C=C[C@]4(C)[C@H]3CC[C@]12C. The molecule has 3 heteroatoms. The number of fused-ring (bicyclic) bond motifs is 5. The van der Waals surface area contributed by atoms with Gasteiger partial charge in [-0.05, 0) is 62.4 Å². The molecule has 0 spiro atoms. The Balaban J connectivity index is 1.65. The summed E-state index contributed by atoms with van der Waals surface area (Å²) in [5, 5.41) is 0. The van der Waals surface area contributed by atoms with Crippen molar-refractivity contribution in [3.8, 4) is 0 Å². The standard InChI is InChI=1S/C21H31NO2/c1-5-24-18-9-7-15-14-6-8-17-20(2,13-11-19(23)22(17)4)16(14)10-12-21(15,18)3/h5,11,13-18H,1,6-10,12H2,2-4H3/t14-,15-,16-,17?,18-,20+,21-/m0/s1. The normalized spacial score (nSPS) is 50.0. The fraction of sp³-hybridized carbons (Fsp3) is 0.762. The van der Waals surface area contributed by atoms with E-state index in [-0.39, 0.29) is 11.3 Å². The molecule has 3 aliphatic carbocycles. The monoisotopic (exact) mass is 329 g/mol. The summed E-state index contributed by atoms with van der Waals surface area (Å²) < 4.78 is 5.91. The average Bonchev–Trinajstić information content (AvgIpc) is 2.89. The van der Waals surface area contributed by atoms with Gasteiger partial charge in [-0.2, -0.15) is 0 Å². The highest BCUT2D eigenvalue weighted by molar-refractivity contribution is 5.89. The maximum Gasteiger partial charge on any atom is 0.246 e. The van der Waals surface area contributed by atoms with E-state index >= 15 is 0 Å². The van der Waals surface area contributed by atoms with Gasteiger partial charge in [0.05, 0.1) is 6.26 Å². The molecule has 132 valence electrons. The maximum atomic E-state index is 12.1. The minimum atomic E-state index is 0.143. The lowest BCUT2D eigenvalue weighted by atomic mass is 9.48. The van der Waals surface area contributed by atoms with Crippen molar-refractivity contribution >= 4 is 5.91 Å². The quantitative estimate of drug-likeness (QED) is 0.712. The lowest BCUT2D eigenvalue weighted by Gasteiger charge is -2.60. The maximum absolute atomic E-state index is 12.1. The van der Waals surface area contributed by atoms with Gasteiger partial charge < -0.3 is 9.64 Å². The second-order valence-corrected chi connectivity index (χ2v) is 9.03. The van der Waals surface area contributed by atoms with E-state index < -0.39 is 0 Å². The van der Waals surface area contributed by atoms with E-state index in [0.717, 1.165) is 18.3 Å². The van der Waals surface area contributed by atoms with Crippen LogP contribution < -0.4 is 0 Å². The third-order valence-electron chi connectivity index (χ3n) is 8.30. The van der Waals surface area contributed by atoms with Crippen molar-refractivity contribution in [3.63, 3.8) is 0 Å².